The van der Waals surface area contributed by atoms with Gasteiger partial charge in [-0.15, -0.1) is 0 Å². The average molecular weight is 415 g/mol. The van der Waals surface area contributed by atoms with Crippen LogP contribution in [0.3, 0.4) is 0 Å². The Bertz CT molecular complexity index is 910. The number of aromatic nitrogens is 2. The second kappa shape index (κ2) is 7.76. The fraction of sp³-hybridized carbons (Fsp3) is 0.682. The van der Waals surface area contributed by atoms with E-state index < -0.39 is 0 Å². The van der Waals surface area contributed by atoms with Gasteiger partial charge in [0.15, 0.2) is 6.10 Å². The number of hydrogen-bond donors (Lipinski definition) is 1. The quantitative estimate of drug-likeness (QED) is 0.723. The van der Waals surface area contributed by atoms with Crippen LogP contribution in [0, 0.1) is 12.8 Å². The predicted octanol–water partition coefficient (Wildman–Crippen LogP) is 1.99. The van der Waals surface area contributed by atoms with Crippen LogP contribution in [0.1, 0.15) is 35.2 Å². The van der Waals surface area contributed by atoms with Gasteiger partial charge in [0.2, 0.25) is 0 Å². The van der Waals surface area contributed by atoms with Crippen molar-refractivity contribution in [3.05, 3.63) is 28.8 Å². The molecule has 0 radical (unpaired) electrons. The van der Waals surface area contributed by atoms with E-state index in [0.29, 0.717) is 25.7 Å². The van der Waals surface area contributed by atoms with E-state index in [2.05, 4.69) is 23.1 Å². The van der Waals surface area contributed by atoms with Crippen LogP contribution in [0.5, 0.6) is 0 Å². The van der Waals surface area contributed by atoms with E-state index >= 15 is 0 Å². The van der Waals surface area contributed by atoms with Crippen LogP contribution in [-0.4, -0.2) is 61.7 Å². The fourth-order valence-corrected chi connectivity index (χ4v) is 4.91. The molecule has 5 heterocycles. The molecular formula is C22H29N3O5. The number of nitrogens with one attached hydrogen (secondary N) is 1. The molecule has 0 aromatic carbocycles. The minimum absolute atomic E-state index is 0.0266. The van der Waals surface area contributed by atoms with Crippen molar-refractivity contribution >= 4 is 0 Å². The average Bonchev–Trinajstić information content (AvgIpc) is 3.09. The van der Waals surface area contributed by atoms with Gasteiger partial charge in [-0.1, -0.05) is 0 Å². The zero-order valence-electron chi connectivity index (χ0n) is 17.4. The van der Waals surface area contributed by atoms with Crippen molar-refractivity contribution in [2.75, 3.05) is 39.6 Å². The van der Waals surface area contributed by atoms with Gasteiger partial charge in [-0.2, -0.15) is 5.10 Å². The number of rotatable bonds is 6. The smallest absolute Gasteiger partial charge is 0.157 e. The van der Waals surface area contributed by atoms with Gasteiger partial charge >= 0.3 is 0 Å². The molecule has 1 aliphatic carbocycles. The van der Waals surface area contributed by atoms with Crippen LogP contribution in [-0.2, 0) is 38.3 Å². The molecule has 3 saturated heterocycles. The molecule has 162 valence electrons. The summed E-state index contributed by atoms with van der Waals surface area (Å²) in [6.07, 6.45) is 5.25. The molecule has 8 heteroatoms. The molecule has 0 saturated carbocycles. The Morgan fingerprint density at radius 3 is 2.93 bits per heavy atom. The maximum atomic E-state index is 6.29. The summed E-state index contributed by atoms with van der Waals surface area (Å²) in [6, 6.07) is 0. The van der Waals surface area contributed by atoms with E-state index in [-0.39, 0.29) is 18.4 Å². The molecule has 4 aliphatic rings. The Morgan fingerprint density at radius 2 is 2.10 bits per heavy atom. The second-order valence-corrected chi connectivity index (χ2v) is 8.80. The molecule has 3 aliphatic heterocycles. The van der Waals surface area contributed by atoms with E-state index in [1.54, 1.807) is 0 Å². The van der Waals surface area contributed by atoms with Gasteiger partial charge in [0.25, 0.3) is 0 Å². The van der Waals surface area contributed by atoms with Crippen molar-refractivity contribution < 1.29 is 23.4 Å². The van der Waals surface area contributed by atoms with E-state index in [1.807, 2.05) is 0 Å². The topological polar surface area (TPSA) is 83.2 Å². The maximum Gasteiger partial charge on any atom is 0.157 e. The standard InChI is InChI=1S/C22H29N3O5/c1-13-18-17(3-2-15-10-25(24-19(15)18)9-14-4-5-26-11-14)29-20(13)21-22(30-21)23-8-16-12-27-6-7-28-16/h10,14,16,21-23H,2-9,11-12H2,1H3/t14-,16+,21?,22?/m0/s1. The molecule has 1 N–H and O–H groups in total. The van der Waals surface area contributed by atoms with Gasteiger partial charge in [-0.05, 0) is 25.3 Å². The highest BCUT2D eigenvalue weighted by Crippen LogP contribution is 2.46. The third-order valence-corrected chi connectivity index (χ3v) is 6.60. The van der Waals surface area contributed by atoms with Crippen molar-refractivity contribution in [2.45, 2.75) is 51.2 Å². The summed E-state index contributed by atoms with van der Waals surface area (Å²) in [7, 11) is 0. The Balaban J connectivity index is 1.16. The number of hydrogen-bond acceptors (Lipinski definition) is 7. The summed E-state index contributed by atoms with van der Waals surface area (Å²) in [5.41, 5.74) is 4.73. The summed E-state index contributed by atoms with van der Waals surface area (Å²) >= 11 is 0. The molecule has 2 unspecified atom stereocenters. The SMILES string of the molecule is Cc1c(C2OC2NC[C@@H]2COCCO2)oc2c1-c1nn(C[C@@H]3CCOC3)cc1CC2. The highest BCUT2D eigenvalue weighted by Gasteiger charge is 2.45. The molecule has 4 atom stereocenters. The van der Waals surface area contributed by atoms with Crippen LogP contribution in [0.2, 0.25) is 0 Å². The summed E-state index contributed by atoms with van der Waals surface area (Å²) in [5, 5.41) is 8.37. The lowest BCUT2D eigenvalue weighted by atomic mass is 9.93. The van der Waals surface area contributed by atoms with Crippen LogP contribution < -0.4 is 5.32 Å². The highest BCUT2D eigenvalue weighted by atomic mass is 16.6. The third-order valence-electron chi connectivity index (χ3n) is 6.60. The minimum Gasteiger partial charge on any atom is -0.462 e. The molecule has 0 bridgehead atoms. The Labute approximate surface area is 175 Å². The van der Waals surface area contributed by atoms with Crippen LogP contribution in [0.25, 0.3) is 11.3 Å². The monoisotopic (exact) mass is 415 g/mol. The molecule has 8 nitrogen and oxygen atoms in total. The number of epoxide rings is 1. The van der Waals surface area contributed by atoms with Gasteiger partial charge in [-0.3, -0.25) is 10.00 Å². The van der Waals surface area contributed by atoms with E-state index in [9.17, 15) is 0 Å². The van der Waals surface area contributed by atoms with Crippen molar-refractivity contribution in [2.24, 2.45) is 5.92 Å². The zero-order valence-corrected chi connectivity index (χ0v) is 17.4. The van der Waals surface area contributed by atoms with Gasteiger partial charge in [0.1, 0.15) is 17.7 Å². The lowest BCUT2D eigenvalue weighted by molar-refractivity contribution is -0.0870. The van der Waals surface area contributed by atoms with Crippen molar-refractivity contribution in [3.63, 3.8) is 0 Å². The number of furan rings is 1. The van der Waals surface area contributed by atoms with Crippen molar-refractivity contribution in [3.8, 4) is 11.3 Å². The largest absolute Gasteiger partial charge is 0.462 e. The summed E-state index contributed by atoms with van der Waals surface area (Å²) in [4.78, 5) is 0. The first kappa shape index (κ1) is 19.0. The van der Waals surface area contributed by atoms with Gasteiger partial charge in [-0.25, -0.2) is 0 Å². The van der Waals surface area contributed by atoms with Gasteiger partial charge in [0.05, 0.1) is 38.2 Å². The first-order chi connectivity index (χ1) is 14.8. The van der Waals surface area contributed by atoms with Crippen molar-refractivity contribution in [1.29, 1.82) is 0 Å². The Kier molecular flexibility index (Phi) is 4.92. The second-order valence-electron chi connectivity index (χ2n) is 8.80. The number of ether oxygens (including phenoxy) is 4. The molecular weight excluding hydrogens is 386 g/mol. The van der Waals surface area contributed by atoms with Gasteiger partial charge < -0.3 is 23.4 Å². The highest BCUT2D eigenvalue weighted by molar-refractivity contribution is 5.72. The number of nitrogens with zero attached hydrogens (tertiary/aromatic N) is 2. The first-order valence-corrected chi connectivity index (χ1v) is 11.1. The maximum absolute atomic E-state index is 6.29. The number of aryl methyl sites for hydroxylation is 2. The van der Waals surface area contributed by atoms with E-state index in [4.69, 9.17) is 28.5 Å². The molecule has 30 heavy (non-hydrogen) atoms. The van der Waals surface area contributed by atoms with Crippen LogP contribution >= 0.6 is 0 Å². The third kappa shape index (κ3) is 3.50. The Morgan fingerprint density at radius 1 is 1.17 bits per heavy atom. The lowest BCUT2D eigenvalue weighted by Gasteiger charge is -2.22. The predicted molar refractivity (Wildman–Crippen MR) is 107 cm³/mol. The van der Waals surface area contributed by atoms with E-state index in [0.717, 1.165) is 68.3 Å². The summed E-state index contributed by atoms with van der Waals surface area (Å²) in [5.74, 6) is 2.55. The summed E-state index contributed by atoms with van der Waals surface area (Å²) in [6.45, 7) is 7.48. The fourth-order valence-electron chi connectivity index (χ4n) is 4.91. The van der Waals surface area contributed by atoms with E-state index in [1.165, 1.54) is 11.1 Å². The first-order valence-electron chi connectivity index (χ1n) is 11.1. The van der Waals surface area contributed by atoms with Gasteiger partial charge in [0, 0.05) is 49.4 Å². The molecule has 2 aromatic rings. The molecule has 0 amide bonds. The zero-order chi connectivity index (χ0) is 20.1. The molecule has 0 spiro atoms. The Hall–Kier alpha value is -1.71. The van der Waals surface area contributed by atoms with Crippen molar-refractivity contribution in [1.82, 2.24) is 15.1 Å². The summed E-state index contributed by atoms with van der Waals surface area (Å²) < 4.78 is 31.0. The molecule has 6 rings (SSSR count). The molecule has 3 fully saturated rings. The minimum atomic E-state index is -0.0405. The van der Waals surface area contributed by atoms with Crippen LogP contribution in [0.4, 0.5) is 0 Å². The number of fused-ring (bicyclic) bond motifs is 3. The normalized spacial score (nSPS) is 30.3. The lowest BCUT2D eigenvalue weighted by Crippen LogP contribution is -2.38. The molecule has 2 aromatic heterocycles. The van der Waals surface area contributed by atoms with Crippen LogP contribution in [0.15, 0.2) is 10.6 Å².